The van der Waals surface area contributed by atoms with E-state index in [9.17, 15) is 4.79 Å². The molecule has 0 spiro atoms. The van der Waals surface area contributed by atoms with Crippen LogP contribution in [0.5, 0.6) is 5.75 Å². The fourth-order valence-electron chi connectivity index (χ4n) is 3.69. The van der Waals surface area contributed by atoms with Crippen LogP contribution in [-0.2, 0) is 16.1 Å². The molecule has 156 valence electrons. The van der Waals surface area contributed by atoms with Crippen LogP contribution in [0.2, 0.25) is 0 Å². The summed E-state index contributed by atoms with van der Waals surface area (Å²) in [4.78, 5) is 15.0. The summed E-state index contributed by atoms with van der Waals surface area (Å²) < 4.78 is 13.2. The van der Waals surface area contributed by atoms with Gasteiger partial charge in [-0.25, -0.2) is 0 Å². The number of amides is 1. The molecule has 0 unspecified atom stereocenters. The van der Waals surface area contributed by atoms with E-state index in [0.29, 0.717) is 43.3 Å². The van der Waals surface area contributed by atoms with Crippen molar-refractivity contribution in [2.45, 2.75) is 19.0 Å². The summed E-state index contributed by atoms with van der Waals surface area (Å²) in [6, 6.07) is 17.6. The summed E-state index contributed by atoms with van der Waals surface area (Å²) in [5.74, 6) is 1.56. The Balaban J connectivity index is 1.49. The van der Waals surface area contributed by atoms with E-state index in [0.717, 1.165) is 16.9 Å². The van der Waals surface area contributed by atoms with Crippen molar-refractivity contribution in [2.24, 2.45) is 0 Å². The second-order valence-electron chi connectivity index (χ2n) is 7.07. The van der Waals surface area contributed by atoms with E-state index in [1.165, 1.54) is 0 Å². The van der Waals surface area contributed by atoms with Crippen LogP contribution in [-0.4, -0.2) is 52.4 Å². The van der Waals surface area contributed by atoms with E-state index in [1.807, 2.05) is 64.1 Å². The molecule has 30 heavy (non-hydrogen) atoms. The van der Waals surface area contributed by atoms with Gasteiger partial charge >= 0.3 is 0 Å². The lowest BCUT2D eigenvalue weighted by molar-refractivity contribution is -0.140. The smallest absolute Gasteiger partial charge is 0.225 e. The third kappa shape index (κ3) is 4.29. The maximum Gasteiger partial charge on any atom is 0.225 e. The number of carbonyl (C=O) groups excluding carboxylic acids is 1. The first-order valence-electron chi connectivity index (χ1n) is 9.89. The molecular formula is C22H24N4O3S. The van der Waals surface area contributed by atoms with Crippen LogP contribution in [0.15, 0.2) is 54.6 Å². The lowest BCUT2D eigenvalue weighted by atomic mass is 10.0. The Labute approximate surface area is 180 Å². The number of benzene rings is 2. The monoisotopic (exact) mass is 424 g/mol. The van der Waals surface area contributed by atoms with E-state index < -0.39 is 0 Å². The molecule has 1 aromatic heterocycles. The SMILES string of the molecule is COc1ccc(-c2n[nH]c(=S)n2CCC(=O)N2CCOC[C@@H]2c2ccccc2)cc1. The molecule has 1 fully saturated rings. The van der Waals surface area contributed by atoms with Crippen molar-refractivity contribution in [3.8, 4) is 17.1 Å². The zero-order valence-electron chi connectivity index (χ0n) is 16.8. The number of H-pyrrole nitrogens is 1. The Morgan fingerprint density at radius 2 is 2.00 bits per heavy atom. The van der Waals surface area contributed by atoms with Gasteiger partial charge < -0.3 is 14.4 Å². The van der Waals surface area contributed by atoms with Gasteiger partial charge in [0.05, 0.1) is 26.4 Å². The van der Waals surface area contributed by atoms with Gasteiger partial charge in [-0.2, -0.15) is 5.10 Å². The average molecular weight is 425 g/mol. The summed E-state index contributed by atoms with van der Waals surface area (Å²) in [5.41, 5.74) is 1.99. The third-order valence-corrected chi connectivity index (χ3v) is 5.60. The number of morpholine rings is 1. The first-order chi connectivity index (χ1) is 14.7. The number of aromatic nitrogens is 3. The van der Waals surface area contributed by atoms with Gasteiger partial charge in [0.2, 0.25) is 5.91 Å². The summed E-state index contributed by atoms with van der Waals surface area (Å²) >= 11 is 5.40. The van der Waals surface area contributed by atoms with Gasteiger partial charge in [-0.15, -0.1) is 0 Å². The second kappa shape index (κ2) is 9.23. The molecule has 1 N–H and O–H groups in total. The number of nitrogens with zero attached hydrogens (tertiary/aromatic N) is 3. The number of hydrogen-bond acceptors (Lipinski definition) is 5. The van der Waals surface area contributed by atoms with Gasteiger partial charge in [-0.05, 0) is 42.0 Å². The Hall–Kier alpha value is -2.97. The molecule has 2 aromatic carbocycles. The zero-order valence-corrected chi connectivity index (χ0v) is 17.6. The summed E-state index contributed by atoms with van der Waals surface area (Å²) in [6.07, 6.45) is 0.334. The fraction of sp³-hybridized carbons (Fsp3) is 0.318. The van der Waals surface area contributed by atoms with Gasteiger partial charge in [0.15, 0.2) is 10.6 Å². The molecule has 1 aliphatic rings. The van der Waals surface area contributed by atoms with E-state index in [2.05, 4.69) is 10.2 Å². The molecule has 0 radical (unpaired) electrons. The van der Waals surface area contributed by atoms with Gasteiger partial charge in [0.25, 0.3) is 0 Å². The van der Waals surface area contributed by atoms with Crippen LogP contribution < -0.4 is 4.74 Å². The van der Waals surface area contributed by atoms with Crippen LogP contribution in [0.25, 0.3) is 11.4 Å². The van der Waals surface area contributed by atoms with Crippen molar-refractivity contribution in [2.75, 3.05) is 26.9 Å². The van der Waals surface area contributed by atoms with Crippen molar-refractivity contribution in [3.05, 3.63) is 64.9 Å². The molecule has 3 aromatic rings. The molecule has 0 saturated carbocycles. The average Bonchev–Trinajstić information content (AvgIpc) is 3.18. The minimum Gasteiger partial charge on any atom is -0.497 e. The van der Waals surface area contributed by atoms with E-state index in [1.54, 1.807) is 7.11 Å². The van der Waals surface area contributed by atoms with Crippen LogP contribution in [0.1, 0.15) is 18.0 Å². The summed E-state index contributed by atoms with van der Waals surface area (Å²) in [6.45, 7) is 2.10. The molecule has 0 aliphatic carbocycles. The number of aromatic amines is 1. The van der Waals surface area contributed by atoms with Gasteiger partial charge in [-0.3, -0.25) is 14.5 Å². The molecule has 1 aliphatic heterocycles. The second-order valence-corrected chi connectivity index (χ2v) is 7.46. The standard InChI is InChI=1S/C22H24N4O3S/c1-28-18-9-7-17(8-10-18)21-23-24-22(30)26(21)12-11-20(27)25-13-14-29-15-19(25)16-5-3-2-4-6-16/h2-10,19H,11-15H2,1H3,(H,24,30)/t19-/m1/s1. The van der Waals surface area contributed by atoms with Gasteiger partial charge in [0.1, 0.15) is 5.75 Å². The van der Waals surface area contributed by atoms with Gasteiger partial charge in [-0.1, -0.05) is 30.3 Å². The topological polar surface area (TPSA) is 72.4 Å². The maximum absolute atomic E-state index is 13.1. The number of carbonyl (C=O) groups is 1. The maximum atomic E-state index is 13.1. The van der Waals surface area contributed by atoms with Crippen molar-refractivity contribution >= 4 is 18.1 Å². The molecule has 2 heterocycles. The molecule has 1 atom stereocenters. The van der Waals surface area contributed by atoms with Gasteiger partial charge in [0, 0.05) is 25.1 Å². The van der Waals surface area contributed by atoms with Crippen molar-refractivity contribution in [1.29, 1.82) is 0 Å². The minimum absolute atomic E-state index is 0.0640. The van der Waals surface area contributed by atoms with Crippen LogP contribution >= 0.6 is 12.2 Å². The Kier molecular flexibility index (Phi) is 6.25. The lowest BCUT2D eigenvalue weighted by Gasteiger charge is -2.36. The van der Waals surface area contributed by atoms with Crippen molar-refractivity contribution < 1.29 is 14.3 Å². The number of rotatable bonds is 6. The highest BCUT2D eigenvalue weighted by molar-refractivity contribution is 7.71. The highest BCUT2D eigenvalue weighted by Crippen LogP contribution is 2.25. The number of nitrogens with one attached hydrogen (secondary N) is 1. The highest BCUT2D eigenvalue weighted by atomic mass is 32.1. The predicted octanol–water partition coefficient (Wildman–Crippen LogP) is 3.61. The zero-order chi connectivity index (χ0) is 20.9. The molecule has 1 saturated heterocycles. The largest absolute Gasteiger partial charge is 0.497 e. The Morgan fingerprint density at radius 1 is 1.23 bits per heavy atom. The predicted molar refractivity (Wildman–Crippen MR) is 116 cm³/mol. The Morgan fingerprint density at radius 3 is 2.73 bits per heavy atom. The minimum atomic E-state index is -0.0640. The molecular weight excluding hydrogens is 400 g/mol. The van der Waals surface area contributed by atoms with Crippen molar-refractivity contribution in [3.63, 3.8) is 0 Å². The van der Waals surface area contributed by atoms with Crippen LogP contribution in [0.3, 0.4) is 0 Å². The van der Waals surface area contributed by atoms with E-state index in [-0.39, 0.29) is 11.9 Å². The number of hydrogen-bond donors (Lipinski definition) is 1. The van der Waals surface area contributed by atoms with E-state index in [4.69, 9.17) is 21.7 Å². The quantitative estimate of drug-likeness (QED) is 0.612. The lowest BCUT2D eigenvalue weighted by Crippen LogP contribution is -2.43. The van der Waals surface area contributed by atoms with Crippen molar-refractivity contribution in [1.82, 2.24) is 19.7 Å². The summed E-state index contributed by atoms with van der Waals surface area (Å²) in [5, 5.41) is 7.20. The highest BCUT2D eigenvalue weighted by Gasteiger charge is 2.28. The molecule has 0 bridgehead atoms. The summed E-state index contributed by atoms with van der Waals surface area (Å²) in [7, 11) is 1.63. The molecule has 1 amide bonds. The Bertz CT molecular complexity index is 1050. The van der Waals surface area contributed by atoms with Crippen LogP contribution in [0.4, 0.5) is 0 Å². The number of ether oxygens (including phenoxy) is 2. The fourth-order valence-corrected chi connectivity index (χ4v) is 3.91. The third-order valence-electron chi connectivity index (χ3n) is 5.29. The van der Waals surface area contributed by atoms with E-state index >= 15 is 0 Å². The first kappa shape index (κ1) is 20.3. The first-order valence-corrected chi connectivity index (χ1v) is 10.3. The molecule has 4 rings (SSSR count). The van der Waals surface area contributed by atoms with Crippen LogP contribution in [0, 0.1) is 4.77 Å². The molecule has 7 nitrogen and oxygen atoms in total. The normalized spacial score (nSPS) is 16.4. The number of methoxy groups -OCH3 is 1. The molecule has 8 heteroatoms.